The van der Waals surface area contributed by atoms with E-state index in [-0.39, 0.29) is 11.5 Å². The van der Waals surface area contributed by atoms with Crippen LogP contribution in [0.3, 0.4) is 0 Å². The maximum absolute atomic E-state index is 13.1. The van der Waals surface area contributed by atoms with Crippen molar-refractivity contribution in [2.24, 2.45) is 4.99 Å². The molecule has 2 fully saturated rings. The van der Waals surface area contributed by atoms with E-state index in [1.165, 1.54) is 12.1 Å². The molecule has 0 amide bonds. The van der Waals surface area contributed by atoms with Crippen LogP contribution < -0.4 is 10.6 Å². The van der Waals surface area contributed by atoms with Crippen LogP contribution in [-0.2, 0) is 16.3 Å². The van der Waals surface area contributed by atoms with Crippen LogP contribution in [0.4, 0.5) is 13.2 Å². The van der Waals surface area contributed by atoms with Crippen molar-refractivity contribution in [3.05, 3.63) is 35.4 Å². The van der Waals surface area contributed by atoms with Crippen molar-refractivity contribution in [2.75, 3.05) is 46.9 Å². The van der Waals surface area contributed by atoms with Crippen LogP contribution in [0.15, 0.2) is 29.3 Å². The summed E-state index contributed by atoms with van der Waals surface area (Å²) >= 11 is 0. The Morgan fingerprint density at radius 1 is 1.32 bits per heavy atom. The first-order valence-corrected chi connectivity index (χ1v) is 9.75. The molecule has 1 heterocycles. The monoisotopic (exact) mass is 398 g/mol. The normalized spacial score (nSPS) is 23.2. The molecule has 3 rings (SSSR count). The van der Waals surface area contributed by atoms with Crippen molar-refractivity contribution in [1.82, 2.24) is 15.5 Å². The molecule has 1 aliphatic heterocycles. The number of likely N-dealkylation sites (N-methyl/N-ethyl adjacent to an activating group) is 1. The van der Waals surface area contributed by atoms with Crippen LogP contribution in [0.2, 0.25) is 0 Å². The molecular formula is C20H29F3N4O. The van der Waals surface area contributed by atoms with E-state index in [1.807, 2.05) is 0 Å². The average Bonchev–Trinajstić information content (AvgIpc) is 2.63. The van der Waals surface area contributed by atoms with Crippen molar-refractivity contribution in [3.63, 3.8) is 0 Å². The summed E-state index contributed by atoms with van der Waals surface area (Å²) in [6.45, 7) is 3.70. The van der Waals surface area contributed by atoms with Crippen molar-refractivity contribution in [3.8, 4) is 0 Å². The Hall–Kier alpha value is -1.80. The van der Waals surface area contributed by atoms with Gasteiger partial charge in [-0.15, -0.1) is 0 Å². The fraction of sp³-hybridized carbons (Fsp3) is 0.650. The highest BCUT2D eigenvalue weighted by atomic mass is 19.4. The summed E-state index contributed by atoms with van der Waals surface area (Å²) in [6.07, 6.45) is -1.46. The SMILES string of the molecule is CN=C(NCC1CN(C)CCO1)NCC1(c2cccc(C(F)(F)F)c2)CCC1. The van der Waals surface area contributed by atoms with E-state index in [9.17, 15) is 13.2 Å². The summed E-state index contributed by atoms with van der Waals surface area (Å²) in [5.41, 5.74) is -0.119. The van der Waals surface area contributed by atoms with E-state index in [0.717, 1.165) is 44.0 Å². The van der Waals surface area contributed by atoms with Crippen molar-refractivity contribution < 1.29 is 17.9 Å². The first kappa shape index (κ1) is 20.9. The molecule has 5 nitrogen and oxygen atoms in total. The molecule has 0 bridgehead atoms. The molecule has 1 aliphatic carbocycles. The fourth-order valence-electron chi connectivity index (χ4n) is 3.87. The standard InChI is InChI=1S/C20H29F3N4O/c1-24-18(25-12-17-13-27(2)9-10-28-17)26-14-19(7-4-8-19)15-5-3-6-16(11-15)20(21,22)23/h3,5-6,11,17H,4,7-10,12-14H2,1-2H3,(H2,24,25,26). The molecule has 1 unspecified atom stereocenters. The zero-order chi connectivity index (χ0) is 20.2. The Labute approximate surface area is 164 Å². The number of aliphatic imine (C=N–C) groups is 1. The molecule has 1 aromatic carbocycles. The smallest absolute Gasteiger partial charge is 0.374 e. The molecule has 0 aromatic heterocycles. The second-order valence-electron chi connectivity index (χ2n) is 7.77. The van der Waals surface area contributed by atoms with Crippen molar-refractivity contribution >= 4 is 5.96 Å². The number of hydrogen-bond acceptors (Lipinski definition) is 3. The Morgan fingerprint density at radius 3 is 2.71 bits per heavy atom. The highest BCUT2D eigenvalue weighted by Crippen LogP contribution is 2.44. The zero-order valence-electron chi connectivity index (χ0n) is 16.5. The van der Waals surface area contributed by atoms with E-state index in [0.29, 0.717) is 25.7 Å². The lowest BCUT2D eigenvalue weighted by Gasteiger charge is -2.43. The van der Waals surface area contributed by atoms with E-state index >= 15 is 0 Å². The minimum Gasteiger partial charge on any atom is -0.374 e. The number of nitrogens with one attached hydrogen (secondary N) is 2. The number of ether oxygens (including phenoxy) is 1. The summed E-state index contributed by atoms with van der Waals surface area (Å²) < 4.78 is 45.0. The van der Waals surface area contributed by atoms with Gasteiger partial charge in [-0.2, -0.15) is 13.2 Å². The number of rotatable bonds is 5. The maximum Gasteiger partial charge on any atom is 0.416 e. The molecule has 1 atom stereocenters. The van der Waals surface area contributed by atoms with E-state index in [1.54, 1.807) is 13.1 Å². The maximum atomic E-state index is 13.1. The van der Waals surface area contributed by atoms with Crippen LogP contribution in [0, 0.1) is 0 Å². The van der Waals surface area contributed by atoms with Gasteiger partial charge in [0.15, 0.2) is 5.96 Å². The lowest BCUT2D eigenvalue weighted by atomic mass is 9.64. The number of benzene rings is 1. The predicted molar refractivity (Wildman–Crippen MR) is 104 cm³/mol. The molecule has 8 heteroatoms. The summed E-state index contributed by atoms with van der Waals surface area (Å²) in [5.74, 6) is 0.648. The molecule has 1 saturated heterocycles. The van der Waals surface area contributed by atoms with Gasteiger partial charge in [-0.25, -0.2) is 0 Å². The van der Waals surface area contributed by atoms with Gasteiger partial charge >= 0.3 is 6.18 Å². The van der Waals surface area contributed by atoms with Gasteiger partial charge in [-0.1, -0.05) is 24.6 Å². The van der Waals surface area contributed by atoms with Crippen LogP contribution in [0.25, 0.3) is 0 Å². The van der Waals surface area contributed by atoms with Gasteiger partial charge in [0.25, 0.3) is 0 Å². The van der Waals surface area contributed by atoms with Gasteiger partial charge < -0.3 is 20.3 Å². The molecule has 156 valence electrons. The number of guanidine groups is 1. The lowest BCUT2D eigenvalue weighted by Crippen LogP contribution is -2.51. The molecule has 1 saturated carbocycles. The fourth-order valence-corrected chi connectivity index (χ4v) is 3.87. The highest BCUT2D eigenvalue weighted by Gasteiger charge is 2.40. The van der Waals surface area contributed by atoms with Crippen LogP contribution >= 0.6 is 0 Å². The Bertz CT molecular complexity index is 688. The summed E-state index contributed by atoms with van der Waals surface area (Å²) in [6, 6.07) is 5.73. The lowest BCUT2D eigenvalue weighted by molar-refractivity contribution is -0.137. The predicted octanol–water partition coefficient (Wildman–Crippen LogP) is 2.62. The first-order chi connectivity index (χ1) is 13.3. The minimum absolute atomic E-state index is 0.0958. The average molecular weight is 398 g/mol. The highest BCUT2D eigenvalue weighted by molar-refractivity contribution is 5.79. The summed E-state index contributed by atoms with van der Waals surface area (Å²) in [4.78, 5) is 6.47. The van der Waals surface area contributed by atoms with Crippen molar-refractivity contribution in [2.45, 2.75) is 37.0 Å². The molecule has 1 aromatic rings. The third kappa shape index (κ3) is 4.97. The number of nitrogens with zero attached hydrogens (tertiary/aromatic N) is 2. The molecule has 2 N–H and O–H groups in total. The first-order valence-electron chi connectivity index (χ1n) is 9.75. The third-order valence-electron chi connectivity index (χ3n) is 5.77. The topological polar surface area (TPSA) is 48.9 Å². The molecule has 0 spiro atoms. The second-order valence-corrected chi connectivity index (χ2v) is 7.77. The Kier molecular flexibility index (Phi) is 6.50. The summed E-state index contributed by atoms with van der Waals surface area (Å²) in [5, 5.41) is 6.58. The van der Waals surface area contributed by atoms with Gasteiger partial charge in [0.05, 0.1) is 18.3 Å². The Balaban J connectivity index is 1.59. The van der Waals surface area contributed by atoms with Gasteiger partial charge in [-0.05, 0) is 31.5 Å². The van der Waals surface area contributed by atoms with Crippen molar-refractivity contribution in [1.29, 1.82) is 0 Å². The molecule has 28 heavy (non-hydrogen) atoms. The zero-order valence-corrected chi connectivity index (χ0v) is 16.5. The number of halogens is 3. The van der Waals surface area contributed by atoms with Gasteiger partial charge in [0, 0.05) is 38.6 Å². The van der Waals surface area contributed by atoms with Gasteiger partial charge in [0.1, 0.15) is 0 Å². The third-order valence-corrected chi connectivity index (χ3v) is 5.77. The van der Waals surface area contributed by atoms with Crippen LogP contribution in [0.1, 0.15) is 30.4 Å². The quantitative estimate of drug-likeness (QED) is 0.591. The minimum atomic E-state index is -4.32. The van der Waals surface area contributed by atoms with Gasteiger partial charge in [-0.3, -0.25) is 4.99 Å². The molecule has 2 aliphatic rings. The largest absolute Gasteiger partial charge is 0.416 e. The van der Waals surface area contributed by atoms with E-state index in [4.69, 9.17) is 4.74 Å². The Morgan fingerprint density at radius 2 is 2.11 bits per heavy atom. The number of alkyl halides is 3. The van der Waals surface area contributed by atoms with E-state index in [2.05, 4.69) is 27.6 Å². The van der Waals surface area contributed by atoms with Crippen LogP contribution in [0.5, 0.6) is 0 Å². The number of hydrogen-bond donors (Lipinski definition) is 2. The van der Waals surface area contributed by atoms with Gasteiger partial charge in [0.2, 0.25) is 0 Å². The number of morpholine rings is 1. The van der Waals surface area contributed by atoms with Crippen LogP contribution in [-0.4, -0.2) is 63.8 Å². The summed E-state index contributed by atoms with van der Waals surface area (Å²) in [7, 11) is 3.76. The second kappa shape index (κ2) is 8.69. The van der Waals surface area contributed by atoms with E-state index < -0.39 is 11.7 Å². The molecular weight excluding hydrogens is 369 g/mol. The molecule has 0 radical (unpaired) electrons.